The first-order valence-electron chi connectivity index (χ1n) is 8.83. The van der Waals surface area contributed by atoms with Crippen molar-refractivity contribution in [1.82, 2.24) is 10.2 Å². The number of para-hydroxylation sites is 1. The summed E-state index contributed by atoms with van der Waals surface area (Å²) in [5, 5.41) is 2.80. The van der Waals surface area contributed by atoms with Crippen molar-refractivity contribution < 1.29 is 27.5 Å². The lowest BCUT2D eigenvalue weighted by Gasteiger charge is -2.31. The molecule has 0 saturated carbocycles. The maximum Gasteiger partial charge on any atom is 0.416 e. The van der Waals surface area contributed by atoms with Gasteiger partial charge in [-0.1, -0.05) is 18.2 Å². The molecule has 148 valence electrons. The molecule has 0 radical (unpaired) electrons. The van der Waals surface area contributed by atoms with Crippen molar-refractivity contribution in [1.29, 1.82) is 0 Å². The molecule has 2 aromatic rings. The lowest BCUT2D eigenvalue weighted by Crippen LogP contribution is -2.47. The molecule has 2 amide bonds. The van der Waals surface area contributed by atoms with Gasteiger partial charge < -0.3 is 15.0 Å². The van der Waals surface area contributed by atoms with E-state index < -0.39 is 23.7 Å². The van der Waals surface area contributed by atoms with Crippen LogP contribution in [-0.4, -0.2) is 36.0 Å². The molecular formula is C20H19F3N2O3. The van der Waals surface area contributed by atoms with Crippen LogP contribution in [0.15, 0.2) is 54.6 Å². The van der Waals surface area contributed by atoms with Gasteiger partial charge in [0.15, 0.2) is 0 Å². The van der Waals surface area contributed by atoms with Crippen molar-refractivity contribution in [2.45, 2.75) is 25.1 Å². The summed E-state index contributed by atoms with van der Waals surface area (Å²) in [5.74, 6) is 0.0317. The third kappa shape index (κ3) is 5.03. The van der Waals surface area contributed by atoms with Gasteiger partial charge in [0.25, 0.3) is 5.91 Å². The SMILES string of the molecule is O=C(NC1CCN(C(=O)Oc2ccccc2)CC1)c1ccc(C(F)(F)F)cc1. The molecule has 3 rings (SSSR count). The summed E-state index contributed by atoms with van der Waals surface area (Å²) in [5.41, 5.74) is -0.631. The number of amides is 2. The summed E-state index contributed by atoms with van der Waals surface area (Å²) in [6, 6.07) is 12.7. The maximum atomic E-state index is 12.6. The first kappa shape index (κ1) is 19.7. The quantitative estimate of drug-likeness (QED) is 0.856. The van der Waals surface area contributed by atoms with Gasteiger partial charge in [-0.05, 0) is 49.2 Å². The highest BCUT2D eigenvalue weighted by Gasteiger charge is 2.30. The number of piperidine rings is 1. The number of nitrogens with zero attached hydrogens (tertiary/aromatic N) is 1. The number of likely N-dealkylation sites (tertiary alicyclic amines) is 1. The summed E-state index contributed by atoms with van der Waals surface area (Å²) < 4.78 is 43.1. The molecule has 1 N–H and O–H groups in total. The van der Waals surface area contributed by atoms with Gasteiger partial charge in [0.05, 0.1) is 5.56 Å². The fourth-order valence-electron chi connectivity index (χ4n) is 2.94. The topological polar surface area (TPSA) is 58.6 Å². The average molecular weight is 392 g/mol. The molecule has 0 aromatic heterocycles. The van der Waals surface area contributed by atoms with Crippen LogP contribution in [0, 0.1) is 0 Å². The summed E-state index contributed by atoms with van der Waals surface area (Å²) in [7, 11) is 0. The first-order chi connectivity index (χ1) is 13.3. The molecule has 1 aliphatic rings. The standard InChI is InChI=1S/C20H19F3N2O3/c21-20(22,23)15-8-6-14(7-9-15)18(26)24-16-10-12-25(13-11-16)19(27)28-17-4-2-1-3-5-17/h1-9,16H,10-13H2,(H,24,26). The number of hydrogen-bond donors (Lipinski definition) is 1. The summed E-state index contributed by atoms with van der Waals surface area (Å²) >= 11 is 0. The fraction of sp³-hybridized carbons (Fsp3) is 0.300. The van der Waals surface area contributed by atoms with Crippen LogP contribution in [-0.2, 0) is 6.18 Å². The lowest BCUT2D eigenvalue weighted by atomic mass is 10.0. The molecule has 0 spiro atoms. The molecule has 8 heteroatoms. The van der Waals surface area contributed by atoms with Crippen molar-refractivity contribution in [3.8, 4) is 5.75 Å². The van der Waals surface area contributed by atoms with Crippen LogP contribution in [0.1, 0.15) is 28.8 Å². The van der Waals surface area contributed by atoms with Crippen molar-refractivity contribution in [3.63, 3.8) is 0 Å². The monoisotopic (exact) mass is 392 g/mol. The lowest BCUT2D eigenvalue weighted by molar-refractivity contribution is -0.137. The highest BCUT2D eigenvalue weighted by Crippen LogP contribution is 2.29. The van der Waals surface area contributed by atoms with E-state index in [0.717, 1.165) is 24.3 Å². The molecule has 28 heavy (non-hydrogen) atoms. The zero-order chi connectivity index (χ0) is 20.1. The Labute approximate surface area is 160 Å². The van der Waals surface area contributed by atoms with Gasteiger partial charge in [-0.25, -0.2) is 4.79 Å². The molecule has 1 fully saturated rings. The maximum absolute atomic E-state index is 12.6. The van der Waals surface area contributed by atoms with E-state index in [4.69, 9.17) is 4.74 Å². The second-order valence-electron chi connectivity index (χ2n) is 6.49. The van der Waals surface area contributed by atoms with E-state index in [-0.39, 0.29) is 11.6 Å². The van der Waals surface area contributed by atoms with E-state index in [9.17, 15) is 22.8 Å². The van der Waals surface area contributed by atoms with Crippen LogP contribution >= 0.6 is 0 Å². The van der Waals surface area contributed by atoms with Gasteiger partial charge in [-0.15, -0.1) is 0 Å². The van der Waals surface area contributed by atoms with E-state index in [1.54, 1.807) is 29.2 Å². The molecule has 0 atom stereocenters. The average Bonchev–Trinajstić information content (AvgIpc) is 2.68. The van der Waals surface area contributed by atoms with Gasteiger partial charge >= 0.3 is 12.3 Å². The van der Waals surface area contributed by atoms with Gasteiger partial charge in [0.2, 0.25) is 0 Å². The zero-order valence-corrected chi connectivity index (χ0v) is 14.9. The van der Waals surface area contributed by atoms with Gasteiger partial charge in [-0.3, -0.25) is 4.79 Å². The third-order valence-electron chi connectivity index (χ3n) is 4.51. The number of ether oxygens (including phenoxy) is 1. The normalized spacial score (nSPS) is 15.2. The van der Waals surface area contributed by atoms with Gasteiger partial charge in [0, 0.05) is 24.7 Å². The fourth-order valence-corrected chi connectivity index (χ4v) is 2.94. The van der Waals surface area contributed by atoms with Crippen LogP contribution in [0.25, 0.3) is 0 Å². The molecule has 1 saturated heterocycles. The summed E-state index contributed by atoms with van der Waals surface area (Å²) in [6.45, 7) is 0.841. The minimum Gasteiger partial charge on any atom is -0.410 e. The number of benzene rings is 2. The first-order valence-corrected chi connectivity index (χ1v) is 8.83. The van der Waals surface area contributed by atoms with Crippen LogP contribution in [0.4, 0.5) is 18.0 Å². The van der Waals surface area contributed by atoms with Gasteiger partial charge in [0.1, 0.15) is 5.75 Å². The Morgan fingerprint density at radius 2 is 1.57 bits per heavy atom. The smallest absolute Gasteiger partial charge is 0.410 e. The molecule has 0 bridgehead atoms. The molecule has 1 heterocycles. The molecular weight excluding hydrogens is 373 g/mol. The Morgan fingerprint density at radius 1 is 0.964 bits per heavy atom. The molecule has 1 aliphatic heterocycles. The van der Waals surface area contributed by atoms with Crippen molar-refractivity contribution in [3.05, 3.63) is 65.7 Å². The minimum absolute atomic E-state index is 0.157. The predicted octanol–water partition coefficient (Wildman–Crippen LogP) is 4.10. The van der Waals surface area contributed by atoms with Crippen LogP contribution in [0.2, 0.25) is 0 Å². The number of carbonyl (C=O) groups is 2. The number of nitrogens with one attached hydrogen (secondary N) is 1. The number of carbonyl (C=O) groups excluding carboxylic acids is 2. The number of halogens is 3. The van der Waals surface area contributed by atoms with E-state index in [1.807, 2.05) is 6.07 Å². The van der Waals surface area contributed by atoms with Crippen molar-refractivity contribution in [2.24, 2.45) is 0 Å². The van der Waals surface area contributed by atoms with E-state index in [2.05, 4.69) is 5.32 Å². The Bertz CT molecular complexity index is 815. The summed E-state index contributed by atoms with van der Waals surface area (Å²) in [6.07, 6.45) is -3.80. The second kappa shape index (κ2) is 8.33. The zero-order valence-electron chi connectivity index (χ0n) is 14.9. The van der Waals surface area contributed by atoms with Crippen LogP contribution in [0.3, 0.4) is 0 Å². The number of alkyl halides is 3. The largest absolute Gasteiger partial charge is 0.416 e. The predicted molar refractivity (Wildman–Crippen MR) is 96.0 cm³/mol. The Kier molecular flexibility index (Phi) is 5.87. The van der Waals surface area contributed by atoms with Crippen LogP contribution in [0.5, 0.6) is 5.75 Å². The second-order valence-corrected chi connectivity index (χ2v) is 6.49. The van der Waals surface area contributed by atoms with E-state index in [1.165, 1.54) is 0 Å². The Hall–Kier alpha value is -3.03. The Morgan fingerprint density at radius 3 is 2.14 bits per heavy atom. The highest BCUT2D eigenvalue weighted by atomic mass is 19.4. The highest BCUT2D eigenvalue weighted by molar-refractivity contribution is 5.94. The molecule has 5 nitrogen and oxygen atoms in total. The minimum atomic E-state index is -4.43. The number of rotatable bonds is 3. The molecule has 0 aliphatic carbocycles. The van der Waals surface area contributed by atoms with Gasteiger partial charge in [-0.2, -0.15) is 13.2 Å². The van der Waals surface area contributed by atoms with E-state index in [0.29, 0.717) is 31.7 Å². The Balaban J connectivity index is 1.48. The molecule has 2 aromatic carbocycles. The number of hydrogen-bond acceptors (Lipinski definition) is 3. The van der Waals surface area contributed by atoms with E-state index >= 15 is 0 Å². The molecule has 0 unspecified atom stereocenters. The van der Waals surface area contributed by atoms with Crippen LogP contribution < -0.4 is 10.1 Å². The van der Waals surface area contributed by atoms with Crippen molar-refractivity contribution in [2.75, 3.05) is 13.1 Å². The third-order valence-corrected chi connectivity index (χ3v) is 4.51. The summed E-state index contributed by atoms with van der Waals surface area (Å²) in [4.78, 5) is 26.0. The van der Waals surface area contributed by atoms with Crippen molar-refractivity contribution >= 4 is 12.0 Å².